The maximum atomic E-state index is 9.36. The van der Waals surface area contributed by atoms with E-state index in [1.807, 2.05) is 0 Å². The molecule has 0 saturated heterocycles. The van der Waals surface area contributed by atoms with Crippen LogP contribution in [0, 0.1) is 0 Å². The zero-order valence-corrected chi connectivity index (χ0v) is 3.27. The summed E-state index contributed by atoms with van der Waals surface area (Å²) in [5.41, 5.74) is 2.23. The number of hydrazine groups is 1. The third-order valence-corrected chi connectivity index (χ3v) is 0.287. The Morgan fingerprint density at radius 1 is 1.83 bits per heavy atom. The second kappa shape index (κ2) is 4.39. The zero-order chi connectivity index (χ0) is 4.83. The highest BCUT2D eigenvalue weighted by molar-refractivity contribution is 5.45. The standard InChI is InChI=1S/C2H7N3O/c3-5-1-4-2-6/h2,5H,1,3H2,(H,4,6). The molecule has 0 fully saturated rings. The van der Waals surface area contributed by atoms with E-state index in [2.05, 4.69) is 10.7 Å². The lowest BCUT2D eigenvalue weighted by atomic mass is 11.1. The largest absolute Gasteiger partial charge is 0.345 e. The van der Waals surface area contributed by atoms with Crippen molar-refractivity contribution in [2.45, 2.75) is 0 Å². The molecule has 0 unspecified atom stereocenters. The average Bonchev–Trinajstić information content (AvgIpc) is 1.61. The molecule has 4 nitrogen and oxygen atoms in total. The van der Waals surface area contributed by atoms with Crippen LogP contribution in [0.15, 0.2) is 0 Å². The summed E-state index contributed by atoms with van der Waals surface area (Å²) in [5, 5.41) is 2.28. The van der Waals surface area contributed by atoms with Gasteiger partial charge in [0.05, 0.1) is 6.67 Å². The van der Waals surface area contributed by atoms with Gasteiger partial charge in [-0.1, -0.05) is 0 Å². The Morgan fingerprint density at radius 2 is 2.50 bits per heavy atom. The van der Waals surface area contributed by atoms with Gasteiger partial charge in [0.25, 0.3) is 0 Å². The van der Waals surface area contributed by atoms with Crippen LogP contribution in [0.3, 0.4) is 0 Å². The molecule has 1 amide bonds. The van der Waals surface area contributed by atoms with Crippen LogP contribution in [-0.2, 0) is 4.79 Å². The minimum atomic E-state index is 0.323. The first-order valence-electron chi connectivity index (χ1n) is 1.52. The van der Waals surface area contributed by atoms with E-state index in [1.165, 1.54) is 0 Å². The molecule has 0 rings (SSSR count). The highest BCUT2D eigenvalue weighted by atomic mass is 16.1. The summed E-state index contributed by atoms with van der Waals surface area (Å²) < 4.78 is 0. The molecule has 0 aliphatic carbocycles. The van der Waals surface area contributed by atoms with E-state index >= 15 is 0 Å². The van der Waals surface area contributed by atoms with Crippen molar-refractivity contribution in [3.63, 3.8) is 0 Å². The lowest BCUT2D eigenvalue weighted by Gasteiger charge is -1.89. The molecule has 0 aromatic heterocycles. The van der Waals surface area contributed by atoms with Crippen LogP contribution in [0.2, 0.25) is 0 Å². The number of nitrogens with two attached hydrogens (primary N) is 1. The lowest BCUT2D eigenvalue weighted by Crippen LogP contribution is -2.32. The summed E-state index contributed by atoms with van der Waals surface area (Å²) in [6.07, 6.45) is 0.569. The van der Waals surface area contributed by atoms with E-state index in [-0.39, 0.29) is 0 Å². The Labute approximate surface area is 35.7 Å². The number of hydrogen-bond donors (Lipinski definition) is 3. The van der Waals surface area contributed by atoms with E-state index in [9.17, 15) is 4.79 Å². The molecular formula is C2H7N3O. The average molecular weight is 89.1 g/mol. The van der Waals surface area contributed by atoms with Gasteiger partial charge >= 0.3 is 0 Å². The number of nitrogens with one attached hydrogen (secondary N) is 2. The van der Waals surface area contributed by atoms with E-state index in [4.69, 9.17) is 5.84 Å². The summed E-state index contributed by atoms with van der Waals surface area (Å²) in [5.74, 6) is 4.74. The van der Waals surface area contributed by atoms with Crippen LogP contribution < -0.4 is 16.6 Å². The fourth-order valence-corrected chi connectivity index (χ4v) is 0.101. The molecule has 0 heterocycles. The number of amides is 1. The van der Waals surface area contributed by atoms with Gasteiger partial charge in [-0.15, -0.1) is 0 Å². The molecule has 0 saturated carbocycles. The van der Waals surface area contributed by atoms with Gasteiger partial charge in [-0.3, -0.25) is 10.6 Å². The van der Waals surface area contributed by atoms with Gasteiger partial charge < -0.3 is 5.32 Å². The second-order valence-corrected chi connectivity index (χ2v) is 0.703. The lowest BCUT2D eigenvalue weighted by molar-refractivity contribution is -0.109. The SMILES string of the molecule is NNCNC=O. The monoisotopic (exact) mass is 89.1 g/mol. The number of hydrogen-bond acceptors (Lipinski definition) is 3. The van der Waals surface area contributed by atoms with Crippen molar-refractivity contribution in [3.05, 3.63) is 0 Å². The highest BCUT2D eigenvalue weighted by Gasteiger charge is 1.66. The molecule has 4 heteroatoms. The molecule has 0 aliphatic heterocycles. The summed E-state index contributed by atoms with van der Waals surface area (Å²) in [4.78, 5) is 9.36. The normalized spacial score (nSPS) is 7.50. The van der Waals surface area contributed by atoms with Gasteiger partial charge in [-0.05, 0) is 0 Å². The zero-order valence-electron chi connectivity index (χ0n) is 3.27. The highest BCUT2D eigenvalue weighted by Crippen LogP contribution is 1.29. The molecule has 0 atom stereocenters. The molecule has 4 N–H and O–H groups in total. The summed E-state index contributed by atoms with van der Waals surface area (Å²) in [6, 6.07) is 0. The Bertz CT molecular complexity index is 37.8. The topological polar surface area (TPSA) is 67.2 Å². The molecule has 0 aliphatic rings. The van der Waals surface area contributed by atoms with Gasteiger partial charge in [0, 0.05) is 0 Å². The molecule has 0 radical (unpaired) electrons. The fraction of sp³-hybridized carbons (Fsp3) is 0.500. The summed E-state index contributed by atoms with van der Waals surface area (Å²) in [7, 11) is 0. The van der Waals surface area contributed by atoms with Crippen LogP contribution in [0.1, 0.15) is 0 Å². The van der Waals surface area contributed by atoms with E-state index < -0.39 is 0 Å². The molecule has 6 heavy (non-hydrogen) atoms. The first-order chi connectivity index (χ1) is 2.91. The Kier molecular flexibility index (Phi) is 3.94. The van der Waals surface area contributed by atoms with E-state index in [1.54, 1.807) is 0 Å². The Hall–Kier alpha value is -0.610. The van der Waals surface area contributed by atoms with Gasteiger partial charge in [0.2, 0.25) is 6.41 Å². The van der Waals surface area contributed by atoms with Crippen molar-refractivity contribution in [1.82, 2.24) is 10.7 Å². The van der Waals surface area contributed by atoms with Crippen LogP contribution in [0.25, 0.3) is 0 Å². The molecular weight excluding hydrogens is 82.0 g/mol. The van der Waals surface area contributed by atoms with Crippen LogP contribution in [0.5, 0.6) is 0 Å². The minimum absolute atomic E-state index is 0.323. The van der Waals surface area contributed by atoms with Crippen LogP contribution >= 0.6 is 0 Å². The first-order valence-corrected chi connectivity index (χ1v) is 1.52. The molecule has 0 spiro atoms. The van der Waals surface area contributed by atoms with Crippen molar-refractivity contribution >= 4 is 6.41 Å². The van der Waals surface area contributed by atoms with Crippen LogP contribution in [-0.4, -0.2) is 13.1 Å². The van der Waals surface area contributed by atoms with E-state index in [0.717, 1.165) is 0 Å². The summed E-state index contributed by atoms with van der Waals surface area (Å²) >= 11 is 0. The second-order valence-electron chi connectivity index (χ2n) is 0.703. The summed E-state index contributed by atoms with van der Waals surface area (Å²) in [6.45, 7) is 0.323. The molecule has 0 aromatic rings. The van der Waals surface area contributed by atoms with Gasteiger partial charge in [0.1, 0.15) is 0 Å². The quantitative estimate of drug-likeness (QED) is 0.125. The third-order valence-electron chi connectivity index (χ3n) is 0.287. The molecule has 36 valence electrons. The Balaban J connectivity index is 2.49. The number of rotatable bonds is 3. The maximum absolute atomic E-state index is 9.36. The molecule has 0 aromatic carbocycles. The maximum Gasteiger partial charge on any atom is 0.208 e. The van der Waals surface area contributed by atoms with Crippen molar-refractivity contribution < 1.29 is 4.79 Å². The van der Waals surface area contributed by atoms with Gasteiger partial charge in [-0.25, -0.2) is 5.43 Å². The Morgan fingerprint density at radius 3 is 2.67 bits per heavy atom. The minimum Gasteiger partial charge on any atom is -0.345 e. The fourth-order valence-electron chi connectivity index (χ4n) is 0.101. The number of carbonyl (C=O) groups excluding carboxylic acids is 1. The molecule has 0 bridgehead atoms. The van der Waals surface area contributed by atoms with Crippen LogP contribution in [0.4, 0.5) is 0 Å². The van der Waals surface area contributed by atoms with Crippen molar-refractivity contribution in [2.75, 3.05) is 6.67 Å². The first kappa shape index (κ1) is 5.39. The van der Waals surface area contributed by atoms with Gasteiger partial charge in [-0.2, -0.15) is 0 Å². The van der Waals surface area contributed by atoms with Crippen molar-refractivity contribution in [3.8, 4) is 0 Å². The smallest absolute Gasteiger partial charge is 0.208 e. The predicted octanol–water partition coefficient (Wildman–Crippen LogP) is -1.85. The predicted molar refractivity (Wildman–Crippen MR) is 21.4 cm³/mol. The van der Waals surface area contributed by atoms with Gasteiger partial charge in [0.15, 0.2) is 0 Å². The third kappa shape index (κ3) is 3.39. The van der Waals surface area contributed by atoms with E-state index in [0.29, 0.717) is 13.1 Å². The number of carbonyl (C=O) groups is 1. The van der Waals surface area contributed by atoms with Crippen molar-refractivity contribution in [2.24, 2.45) is 5.84 Å². The van der Waals surface area contributed by atoms with Crippen molar-refractivity contribution in [1.29, 1.82) is 0 Å².